The van der Waals surface area contributed by atoms with Gasteiger partial charge in [-0.2, -0.15) is 0 Å². The zero-order chi connectivity index (χ0) is 13.9. The summed E-state index contributed by atoms with van der Waals surface area (Å²) < 4.78 is 0. The molecule has 1 fully saturated rings. The maximum atomic E-state index is 4.55. The lowest BCUT2D eigenvalue weighted by atomic mass is 10.2. The number of nitrogens with zero attached hydrogens (tertiary/aromatic N) is 3. The molecule has 5 heteroatoms. The van der Waals surface area contributed by atoms with Gasteiger partial charge in [-0.1, -0.05) is 12.1 Å². The van der Waals surface area contributed by atoms with Crippen molar-refractivity contribution in [2.45, 2.75) is 13.0 Å². The number of likely N-dealkylation sites (N-methyl/N-ethyl adjacent to an activating group) is 1. The van der Waals surface area contributed by atoms with E-state index >= 15 is 0 Å². The highest BCUT2D eigenvalue weighted by atomic mass is 15.3. The van der Waals surface area contributed by atoms with Crippen LogP contribution in [-0.4, -0.2) is 65.6 Å². The van der Waals surface area contributed by atoms with Crippen LogP contribution in [0.4, 0.5) is 5.95 Å². The molecule has 1 aliphatic rings. The van der Waals surface area contributed by atoms with Gasteiger partial charge in [-0.15, -0.1) is 0 Å². The molecule has 1 aliphatic heterocycles. The van der Waals surface area contributed by atoms with Gasteiger partial charge < -0.3 is 15.2 Å². The van der Waals surface area contributed by atoms with Crippen LogP contribution >= 0.6 is 0 Å². The van der Waals surface area contributed by atoms with Crippen molar-refractivity contribution < 1.29 is 0 Å². The SMILES string of the molecule is CC(CNc1nc2ccccc2[nH]1)N1CCN(C)CC1. The molecule has 1 unspecified atom stereocenters. The van der Waals surface area contributed by atoms with Gasteiger partial charge in [-0.3, -0.25) is 4.90 Å². The summed E-state index contributed by atoms with van der Waals surface area (Å²) in [5.41, 5.74) is 2.10. The number of imidazole rings is 1. The van der Waals surface area contributed by atoms with Crippen LogP contribution < -0.4 is 5.32 Å². The number of rotatable bonds is 4. The van der Waals surface area contributed by atoms with Crippen molar-refractivity contribution in [2.24, 2.45) is 0 Å². The number of aromatic amines is 1. The molecule has 0 radical (unpaired) electrons. The van der Waals surface area contributed by atoms with Crippen LogP contribution in [0, 0.1) is 0 Å². The van der Waals surface area contributed by atoms with Crippen molar-refractivity contribution >= 4 is 17.0 Å². The number of piperazine rings is 1. The average molecular weight is 273 g/mol. The average Bonchev–Trinajstić information content (AvgIpc) is 2.88. The lowest BCUT2D eigenvalue weighted by molar-refractivity contribution is 0.123. The summed E-state index contributed by atoms with van der Waals surface area (Å²) >= 11 is 0. The Morgan fingerprint density at radius 2 is 2.00 bits per heavy atom. The number of aromatic nitrogens is 2. The lowest BCUT2D eigenvalue weighted by Crippen LogP contribution is -2.49. The van der Waals surface area contributed by atoms with Crippen molar-refractivity contribution in [3.05, 3.63) is 24.3 Å². The second kappa shape index (κ2) is 5.81. The van der Waals surface area contributed by atoms with E-state index in [1.165, 1.54) is 0 Å². The van der Waals surface area contributed by atoms with Gasteiger partial charge in [-0.05, 0) is 26.1 Å². The smallest absolute Gasteiger partial charge is 0.201 e. The molecule has 1 saturated heterocycles. The van der Waals surface area contributed by atoms with E-state index in [9.17, 15) is 0 Å². The van der Waals surface area contributed by atoms with Gasteiger partial charge >= 0.3 is 0 Å². The standard InChI is InChI=1S/C15H23N5/c1-12(20-9-7-19(2)8-10-20)11-16-15-17-13-5-3-4-6-14(13)18-15/h3-6,12H,7-11H2,1-2H3,(H2,16,17,18). The molecule has 108 valence electrons. The number of H-pyrrole nitrogens is 1. The van der Waals surface area contributed by atoms with Crippen molar-refractivity contribution in [1.82, 2.24) is 19.8 Å². The van der Waals surface area contributed by atoms with E-state index in [1.807, 2.05) is 18.2 Å². The van der Waals surface area contributed by atoms with Crippen molar-refractivity contribution in [1.29, 1.82) is 0 Å². The van der Waals surface area contributed by atoms with Crippen LogP contribution in [0.15, 0.2) is 24.3 Å². The van der Waals surface area contributed by atoms with Gasteiger partial charge in [0.2, 0.25) is 5.95 Å². The number of hydrogen-bond donors (Lipinski definition) is 2. The summed E-state index contributed by atoms with van der Waals surface area (Å²) in [6.07, 6.45) is 0. The fraction of sp³-hybridized carbons (Fsp3) is 0.533. The molecular formula is C15H23N5. The molecule has 0 aliphatic carbocycles. The second-order valence-electron chi connectivity index (χ2n) is 5.67. The Bertz CT molecular complexity index is 523. The van der Waals surface area contributed by atoms with E-state index in [2.05, 4.69) is 45.1 Å². The predicted molar refractivity (Wildman–Crippen MR) is 83.1 cm³/mol. The maximum absolute atomic E-state index is 4.55. The van der Waals surface area contributed by atoms with Gasteiger partial charge in [0.1, 0.15) is 0 Å². The molecule has 2 heterocycles. The molecule has 0 saturated carbocycles. The summed E-state index contributed by atoms with van der Waals surface area (Å²) in [4.78, 5) is 12.8. The van der Waals surface area contributed by atoms with E-state index in [0.29, 0.717) is 6.04 Å². The summed E-state index contributed by atoms with van der Waals surface area (Å²) in [5.74, 6) is 0.868. The van der Waals surface area contributed by atoms with Crippen LogP contribution in [0.5, 0.6) is 0 Å². The third kappa shape index (κ3) is 2.94. The van der Waals surface area contributed by atoms with Crippen LogP contribution in [0.25, 0.3) is 11.0 Å². The normalized spacial score (nSPS) is 19.3. The molecule has 1 atom stereocenters. The van der Waals surface area contributed by atoms with E-state index in [1.54, 1.807) is 0 Å². The molecule has 0 amide bonds. The summed E-state index contributed by atoms with van der Waals surface area (Å²) in [7, 11) is 2.19. The summed E-state index contributed by atoms with van der Waals surface area (Å²) in [6.45, 7) is 7.83. The van der Waals surface area contributed by atoms with Crippen LogP contribution in [0.1, 0.15) is 6.92 Å². The van der Waals surface area contributed by atoms with E-state index in [-0.39, 0.29) is 0 Å². The number of para-hydroxylation sites is 2. The second-order valence-corrected chi connectivity index (χ2v) is 5.67. The van der Waals surface area contributed by atoms with Crippen LogP contribution in [0.2, 0.25) is 0 Å². The highest BCUT2D eigenvalue weighted by Crippen LogP contribution is 2.13. The largest absolute Gasteiger partial charge is 0.354 e. The monoisotopic (exact) mass is 273 g/mol. The predicted octanol–water partition coefficient (Wildman–Crippen LogP) is 1.61. The number of fused-ring (bicyclic) bond motifs is 1. The quantitative estimate of drug-likeness (QED) is 0.888. The summed E-state index contributed by atoms with van der Waals surface area (Å²) in [5, 5.41) is 3.42. The van der Waals surface area contributed by atoms with E-state index in [0.717, 1.165) is 49.7 Å². The Morgan fingerprint density at radius 3 is 2.75 bits per heavy atom. The van der Waals surface area contributed by atoms with Crippen LogP contribution in [0.3, 0.4) is 0 Å². The van der Waals surface area contributed by atoms with Crippen molar-refractivity contribution in [3.63, 3.8) is 0 Å². The highest BCUT2D eigenvalue weighted by molar-refractivity contribution is 5.77. The Kier molecular flexibility index (Phi) is 3.89. The number of anilines is 1. The Balaban J connectivity index is 1.56. The Labute approximate surface area is 120 Å². The maximum Gasteiger partial charge on any atom is 0.201 e. The molecule has 2 aromatic rings. The summed E-state index contributed by atoms with van der Waals surface area (Å²) in [6, 6.07) is 8.65. The molecule has 20 heavy (non-hydrogen) atoms. The topological polar surface area (TPSA) is 47.2 Å². The number of hydrogen-bond acceptors (Lipinski definition) is 4. The molecular weight excluding hydrogens is 250 g/mol. The van der Waals surface area contributed by atoms with Gasteiger partial charge in [0.25, 0.3) is 0 Å². The minimum absolute atomic E-state index is 0.525. The first kappa shape index (κ1) is 13.4. The van der Waals surface area contributed by atoms with Crippen molar-refractivity contribution in [3.8, 4) is 0 Å². The molecule has 0 bridgehead atoms. The third-order valence-corrected chi connectivity index (χ3v) is 4.12. The molecule has 1 aromatic carbocycles. The fourth-order valence-electron chi connectivity index (χ4n) is 2.67. The van der Waals surface area contributed by atoms with Gasteiger partial charge in [0.15, 0.2) is 0 Å². The number of benzene rings is 1. The molecule has 5 nitrogen and oxygen atoms in total. The Hall–Kier alpha value is -1.59. The Morgan fingerprint density at radius 1 is 1.25 bits per heavy atom. The minimum Gasteiger partial charge on any atom is -0.354 e. The molecule has 1 aromatic heterocycles. The third-order valence-electron chi connectivity index (χ3n) is 4.12. The van der Waals surface area contributed by atoms with E-state index < -0.39 is 0 Å². The first-order valence-electron chi connectivity index (χ1n) is 7.33. The van der Waals surface area contributed by atoms with E-state index in [4.69, 9.17) is 0 Å². The number of nitrogens with one attached hydrogen (secondary N) is 2. The lowest BCUT2D eigenvalue weighted by Gasteiger charge is -2.36. The zero-order valence-electron chi connectivity index (χ0n) is 12.3. The minimum atomic E-state index is 0.525. The van der Waals surface area contributed by atoms with Gasteiger partial charge in [0, 0.05) is 38.8 Å². The molecule has 3 rings (SSSR count). The molecule has 2 N–H and O–H groups in total. The van der Waals surface area contributed by atoms with Gasteiger partial charge in [-0.25, -0.2) is 4.98 Å². The van der Waals surface area contributed by atoms with Crippen molar-refractivity contribution in [2.75, 3.05) is 45.1 Å². The van der Waals surface area contributed by atoms with Crippen LogP contribution in [-0.2, 0) is 0 Å². The van der Waals surface area contributed by atoms with Gasteiger partial charge in [0.05, 0.1) is 11.0 Å². The first-order valence-corrected chi connectivity index (χ1v) is 7.33. The fourth-order valence-corrected chi connectivity index (χ4v) is 2.67. The zero-order valence-corrected chi connectivity index (χ0v) is 12.3. The first-order chi connectivity index (χ1) is 9.72. The molecule has 0 spiro atoms. The highest BCUT2D eigenvalue weighted by Gasteiger charge is 2.18.